The molecule has 0 aliphatic carbocycles. The minimum atomic E-state index is -0.324. The number of nitrogens with zero attached hydrogens (tertiary/aromatic N) is 1. The fraction of sp³-hybridized carbons (Fsp3) is 0.643. The molecule has 1 amide bonds. The quantitative estimate of drug-likeness (QED) is 0.861. The second-order valence-electron chi connectivity index (χ2n) is 6.40. The molecule has 1 saturated heterocycles. The van der Waals surface area contributed by atoms with Gasteiger partial charge in [-0.2, -0.15) is 0 Å². The predicted molar refractivity (Wildman–Crippen MR) is 78.6 cm³/mol. The van der Waals surface area contributed by atoms with Crippen LogP contribution in [0.25, 0.3) is 0 Å². The molecule has 19 heavy (non-hydrogen) atoms. The zero-order valence-electron chi connectivity index (χ0n) is 12.2. The largest absolute Gasteiger partial charge is 0.398 e. The molecule has 0 aromatic carbocycles. The molecule has 0 atom stereocenters. The normalized spacial score (nSPS) is 21.4. The summed E-state index contributed by atoms with van der Waals surface area (Å²) >= 11 is 1.46. The SMILES string of the molecule is Cc1sc(C(=O)N2CC(C)(C)OC(C)(C)C2)cc1N. The summed E-state index contributed by atoms with van der Waals surface area (Å²) in [6, 6.07) is 1.78. The van der Waals surface area contributed by atoms with Crippen LogP contribution in [-0.4, -0.2) is 35.1 Å². The molecule has 106 valence electrons. The van der Waals surface area contributed by atoms with Gasteiger partial charge in [0.05, 0.1) is 16.1 Å². The number of nitrogens with two attached hydrogens (primary N) is 1. The van der Waals surface area contributed by atoms with Crippen LogP contribution in [0, 0.1) is 6.92 Å². The molecule has 2 N–H and O–H groups in total. The Morgan fingerprint density at radius 1 is 1.32 bits per heavy atom. The first kappa shape index (κ1) is 14.3. The summed E-state index contributed by atoms with van der Waals surface area (Å²) < 4.78 is 5.99. The van der Waals surface area contributed by atoms with E-state index in [2.05, 4.69) is 0 Å². The molecule has 0 bridgehead atoms. The van der Waals surface area contributed by atoms with Crippen molar-refractivity contribution in [2.24, 2.45) is 0 Å². The highest BCUT2D eigenvalue weighted by Crippen LogP contribution is 2.31. The van der Waals surface area contributed by atoms with E-state index in [1.807, 2.05) is 39.5 Å². The van der Waals surface area contributed by atoms with Crippen LogP contribution in [0.4, 0.5) is 5.69 Å². The third-order valence-electron chi connectivity index (χ3n) is 3.15. The maximum Gasteiger partial charge on any atom is 0.264 e. The smallest absolute Gasteiger partial charge is 0.264 e. The first-order valence-electron chi connectivity index (χ1n) is 6.45. The van der Waals surface area contributed by atoms with E-state index in [0.29, 0.717) is 23.7 Å². The van der Waals surface area contributed by atoms with Crippen LogP contribution in [0.15, 0.2) is 6.07 Å². The number of carbonyl (C=O) groups is 1. The monoisotopic (exact) mass is 282 g/mol. The van der Waals surface area contributed by atoms with Crippen LogP contribution in [0.5, 0.6) is 0 Å². The van der Waals surface area contributed by atoms with Crippen molar-refractivity contribution in [2.45, 2.75) is 45.8 Å². The Kier molecular flexibility index (Phi) is 3.39. The van der Waals surface area contributed by atoms with Gasteiger partial charge in [0.2, 0.25) is 0 Å². The van der Waals surface area contributed by atoms with Gasteiger partial charge < -0.3 is 15.4 Å². The number of rotatable bonds is 1. The first-order chi connectivity index (χ1) is 8.60. The molecule has 1 fully saturated rings. The van der Waals surface area contributed by atoms with E-state index in [1.54, 1.807) is 6.07 Å². The van der Waals surface area contributed by atoms with Crippen molar-refractivity contribution in [1.82, 2.24) is 4.90 Å². The second kappa shape index (κ2) is 4.49. The summed E-state index contributed by atoms with van der Waals surface area (Å²) in [6.45, 7) is 11.2. The van der Waals surface area contributed by atoms with E-state index in [1.165, 1.54) is 11.3 Å². The molecule has 1 aliphatic rings. The van der Waals surface area contributed by atoms with Gasteiger partial charge >= 0.3 is 0 Å². The van der Waals surface area contributed by atoms with E-state index in [0.717, 1.165) is 4.88 Å². The lowest BCUT2D eigenvalue weighted by Crippen LogP contribution is -2.58. The summed E-state index contributed by atoms with van der Waals surface area (Å²) in [4.78, 5) is 16.1. The highest BCUT2D eigenvalue weighted by Gasteiger charge is 2.40. The number of carbonyl (C=O) groups excluding carboxylic acids is 1. The van der Waals surface area contributed by atoms with Crippen LogP contribution < -0.4 is 5.73 Å². The van der Waals surface area contributed by atoms with Gasteiger partial charge in [-0.1, -0.05) is 0 Å². The van der Waals surface area contributed by atoms with E-state index in [4.69, 9.17) is 10.5 Å². The Morgan fingerprint density at radius 2 is 1.84 bits per heavy atom. The zero-order valence-corrected chi connectivity index (χ0v) is 13.1. The molecule has 0 radical (unpaired) electrons. The van der Waals surface area contributed by atoms with Gasteiger partial charge in [0, 0.05) is 23.7 Å². The molecule has 2 heterocycles. The fourth-order valence-electron chi connectivity index (χ4n) is 2.69. The summed E-state index contributed by atoms with van der Waals surface area (Å²) in [6.07, 6.45) is 0. The third kappa shape index (κ3) is 3.09. The maximum atomic E-state index is 12.6. The van der Waals surface area contributed by atoms with Crippen molar-refractivity contribution in [3.8, 4) is 0 Å². The Hall–Kier alpha value is -1.07. The number of hydrogen-bond acceptors (Lipinski definition) is 4. The van der Waals surface area contributed by atoms with Gasteiger partial charge in [-0.25, -0.2) is 0 Å². The van der Waals surface area contributed by atoms with Crippen LogP contribution in [-0.2, 0) is 4.74 Å². The van der Waals surface area contributed by atoms with Crippen molar-refractivity contribution in [3.05, 3.63) is 15.8 Å². The molecule has 1 aliphatic heterocycles. The van der Waals surface area contributed by atoms with Crippen LogP contribution in [0.3, 0.4) is 0 Å². The summed E-state index contributed by atoms with van der Waals surface area (Å²) in [5.41, 5.74) is 5.88. The number of anilines is 1. The van der Waals surface area contributed by atoms with E-state index < -0.39 is 0 Å². The number of nitrogen functional groups attached to an aromatic ring is 1. The Morgan fingerprint density at radius 3 is 2.26 bits per heavy atom. The maximum absolute atomic E-state index is 12.6. The molecule has 5 heteroatoms. The first-order valence-corrected chi connectivity index (χ1v) is 7.27. The predicted octanol–water partition coefficient (Wildman–Crippen LogP) is 2.67. The number of ether oxygens (including phenoxy) is 1. The standard InChI is InChI=1S/C14H22N2O2S/c1-9-10(15)6-11(19-9)12(17)16-7-13(2,3)18-14(4,5)8-16/h6H,7-8,15H2,1-5H3. The highest BCUT2D eigenvalue weighted by atomic mass is 32.1. The summed E-state index contributed by atoms with van der Waals surface area (Å²) in [7, 11) is 0. The highest BCUT2D eigenvalue weighted by molar-refractivity contribution is 7.14. The number of aryl methyl sites for hydroxylation is 1. The molecular formula is C14H22N2O2S. The summed E-state index contributed by atoms with van der Waals surface area (Å²) in [5, 5.41) is 0. The minimum Gasteiger partial charge on any atom is -0.398 e. The number of morpholine rings is 1. The number of hydrogen-bond donors (Lipinski definition) is 1. The molecule has 0 unspecified atom stereocenters. The van der Waals surface area contributed by atoms with Crippen molar-refractivity contribution in [3.63, 3.8) is 0 Å². The van der Waals surface area contributed by atoms with Gasteiger partial charge in [-0.05, 0) is 40.7 Å². The van der Waals surface area contributed by atoms with Gasteiger partial charge in [-0.15, -0.1) is 11.3 Å². The van der Waals surface area contributed by atoms with Crippen molar-refractivity contribution >= 4 is 22.9 Å². The van der Waals surface area contributed by atoms with E-state index >= 15 is 0 Å². The molecule has 4 nitrogen and oxygen atoms in total. The lowest BCUT2D eigenvalue weighted by molar-refractivity contribution is -0.171. The van der Waals surface area contributed by atoms with Crippen molar-refractivity contribution < 1.29 is 9.53 Å². The van der Waals surface area contributed by atoms with Crippen molar-refractivity contribution in [1.29, 1.82) is 0 Å². The number of thiophene rings is 1. The van der Waals surface area contributed by atoms with Crippen LogP contribution >= 0.6 is 11.3 Å². The van der Waals surface area contributed by atoms with Crippen LogP contribution in [0.1, 0.15) is 42.2 Å². The molecule has 2 rings (SSSR count). The molecule has 0 saturated carbocycles. The van der Waals surface area contributed by atoms with Gasteiger partial charge in [-0.3, -0.25) is 4.79 Å². The molecule has 1 aromatic heterocycles. The van der Waals surface area contributed by atoms with Crippen molar-refractivity contribution in [2.75, 3.05) is 18.8 Å². The van der Waals surface area contributed by atoms with Crippen LogP contribution in [0.2, 0.25) is 0 Å². The van der Waals surface area contributed by atoms with Gasteiger partial charge in [0.1, 0.15) is 0 Å². The average Bonchev–Trinajstić information content (AvgIpc) is 2.53. The minimum absolute atomic E-state index is 0.0502. The Bertz CT molecular complexity index is 470. The molecule has 1 aromatic rings. The van der Waals surface area contributed by atoms with E-state index in [-0.39, 0.29) is 17.1 Å². The Balaban J connectivity index is 2.23. The Labute approximate surface area is 118 Å². The zero-order chi connectivity index (χ0) is 14.4. The van der Waals surface area contributed by atoms with Gasteiger partial charge in [0.25, 0.3) is 5.91 Å². The lowest BCUT2D eigenvalue weighted by Gasteiger charge is -2.47. The van der Waals surface area contributed by atoms with E-state index in [9.17, 15) is 4.79 Å². The fourth-order valence-corrected chi connectivity index (χ4v) is 3.60. The molecular weight excluding hydrogens is 260 g/mol. The topological polar surface area (TPSA) is 55.6 Å². The lowest BCUT2D eigenvalue weighted by atomic mass is 9.99. The van der Waals surface area contributed by atoms with Gasteiger partial charge in [0.15, 0.2) is 0 Å². The summed E-state index contributed by atoms with van der Waals surface area (Å²) in [5.74, 6) is 0.0502. The second-order valence-corrected chi connectivity index (χ2v) is 7.66. The average molecular weight is 282 g/mol. The third-order valence-corrected chi connectivity index (χ3v) is 4.20. The number of amides is 1. The molecule has 0 spiro atoms.